The van der Waals surface area contributed by atoms with Crippen molar-refractivity contribution in [3.05, 3.63) is 65.7 Å². The van der Waals surface area contributed by atoms with Gasteiger partial charge in [0.2, 0.25) is 5.91 Å². The second-order valence-electron chi connectivity index (χ2n) is 8.85. The van der Waals surface area contributed by atoms with Crippen molar-refractivity contribution >= 4 is 5.91 Å². The number of nitrogens with zero attached hydrogens (tertiary/aromatic N) is 2. The van der Waals surface area contributed by atoms with Crippen LogP contribution >= 0.6 is 0 Å². The molecule has 2 aliphatic rings. The predicted octanol–water partition coefficient (Wildman–Crippen LogP) is 4.31. The Kier molecular flexibility index (Phi) is 5.64. The maximum Gasteiger partial charge on any atom is 0.226 e. The summed E-state index contributed by atoms with van der Waals surface area (Å²) in [7, 11) is 1.66. The molecule has 154 valence electrons. The lowest BCUT2D eigenvalue weighted by atomic mass is 9.62. The molecule has 2 fully saturated rings. The van der Waals surface area contributed by atoms with Crippen LogP contribution < -0.4 is 4.74 Å². The molecular formula is C25H32N2O2. The van der Waals surface area contributed by atoms with E-state index in [2.05, 4.69) is 54.0 Å². The number of likely N-dealkylation sites (tertiary alicyclic amines) is 2. The molecule has 0 N–H and O–H groups in total. The van der Waals surface area contributed by atoms with Crippen molar-refractivity contribution in [1.29, 1.82) is 0 Å². The second-order valence-corrected chi connectivity index (χ2v) is 8.85. The van der Waals surface area contributed by atoms with Crippen LogP contribution in [0.2, 0.25) is 0 Å². The van der Waals surface area contributed by atoms with Gasteiger partial charge in [0, 0.05) is 37.1 Å². The normalized spacial score (nSPS) is 21.2. The first-order valence-corrected chi connectivity index (χ1v) is 10.7. The minimum Gasteiger partial charge on any atom is -0.497 e. The molecule has 4 heteroatoms. The first-order chi connectivity index (χ1) is 14.0. The zero-order valence-corrected chi connectivity index (χ0v) is 17.8. The summed E-state index contributed by atoms with van der Waals surface area (Å²) in [4.78, 5) is 17.6. The molecule has 2 saturated heterocycles. The monoisotopic (exact) mass is 392 g/mol. The van der Waals surface area contributed by atoms with Crippen molar-refractivity contribution < 1.29 is 9.53 Å². The van der Waals surface area contributed by atoms with Gasteiger partial charge in [-0.05, 0) is 49.9 Å². The van der Waals surface area contributed by atoms with Crippen molar-refractivity contribution in [2.24, 2.45) is 5.41 Å². The number of ether oxygens (including phenoxy) is 1. The number of carbonyl (C=O) groups is 1. The minimum absolute atomic E-state index is 0.226. The first-order valence-electron chi connectivity index (χ1n) is 10.7. The topological polar surface area (TPSA) is 32.8 Å². The Morgan fingerprint density at radius 2 is 1.83 bits per heavy atom. The number of amides is 1. The summed E-state index contributed by atoms with van der Waals surface area (Å²) in [5.41, 5.74) is 2.74. The molecule has 1 amide bonds. The van der Waals surface area contributed by atoms with Gasteiger partial charge in [0.05, 0.1) is 13.5 Å². The summed E-state index contributed by atoms with van der Waals surface area (Å²) in [5, 5.41) is 0. The van der Waals surface area contributed by atoms with Crippen LogP contribution in [-0.2, 0) is 11.2 Å². The van der Waals surface area contributed by atoms with Crippen LogP contribution in [0.5, 0.6) is 5.75 Å². The van der Waals surface area contributed by atoms with Crippen LogP contribution in [0.25, 0.3) is 0 Å². The van der Waals surface area contributed by atoms with E-state index in [4.69, 9.17) is 4.74 Å². The Balaban J connectivity index is 1.42. The quantitative estimate of drug-likeness (QED) is 0.760. The lowest BCUT2D eigenvalue weighted by Crippen LogP contribution is -2.64. The first kappa shape index (κ1) is 20.0. The number of rotatable bonds is 5. The molecule has 0 radical (unpaired) electrons. The number of methoxy groups -OCH3 is 1. The minimum atomic E-state index is 0.226. The van der Waals surface area contributed by atoms with E-state index in [0.717, 1.165) is 43.8 Å². The highest BCUT2D eigenvalue weighted by atomic mass is 16.5. The van der Waals surface area contributed by atoms with Gasteiger partial charge in [-0.3, -0.25) is 9.69 Å². The number of hydrogen-bond donors (Lipinski definition) is 0. The van der Waals surface area contributed by atoms with E-state index in [0.29, 0.717) is 23.9 Å². The van der Waals surface area contributed by atoms with Crippen molar-refractivity contribution in [1.82, 2.24) is 9.80 Å². The Morgan fingerprint density at radius 1 is 1.10 bits per heavy atom. The molecule has 0 bridgehead atoms. The number of benzene rings is 2. The van der Waals surface area contributed by atoms with Gasteiger partial charge in [-0.1, -0.05) is 42.5 Å². The van der Waals surface area contributed by atoms with Gasteiger partial charge >= 0.3 is 0 Å². The molecule has 0 aliphatic carbocycles. The van der Waals surface area contributed by atoms with E-state index < -0.39 is 0 Å². The largest absolute Gasteiger partial charge is 0.497 e. The summed E-state index contributed by atoms with van der Waals surface area (Å²) in [6.07, 6.45) is 2.61. The van der Waals surface area contributed by atoms with Gasteiger partial charge in [0.15, 0.2) is 0 Å². The zero-order chi connectivity index (χ0) is 20.4. The molecular weight excluding hydrogens is 360 g/mol. The number of piperidine rings is 1. The van der Waals surface area contributed by atoms with Crippen LogP contribution in [0, 0.1) is 5.41 Å². The van der Waals surface area contributed by atoms with Crippen LogP contribution in [0.4, 0.5) is 0 Å². The summed E-state index contributed by atoms with van der Waals surface area (Å²) in [5.74, 6) is 1.03. The van der Waals surface area contributed by atoms with Crippen molar-refractivity contribution in [2.45, 2.75) is 45.2 Å². The molecule has 0 aromatic heterocycles. The van der Waals surface area contributed by atoms with E-state index in [1.165, 1.54) is 5.56 Å². The SMILES string of the molecule is COc1cccc(CC(=O)N2CCC3(CC2)CN(C(C)C)C3c2ccccc2)c1. The third-order valence-corrected chi connectivity index (χ3v) is 6.79. The fraction of sp³-hybridized carbons (Fsp3) is 0.480. The average molecular weight is 393 g/mol. The highest BCUT2D eigenvalue weighted by molar-refractivity contribution is 5.79. The van der Waals surface area contributed by atoms with Gasteiger partial charge in [-0.25, -0.2) is 0 Å². The van der Waals surface area contributed by atoms with E-state index in [1.54, 1.807) is 7.11 Å². The summed E-state index contributed by atoms with van der Waals surface area (Å²) < 4.78 is 5.28. The molecule has 0 saturated carbocycles. The highest BCUT2D eigenvalue weighted by Gasteiger charge is 2.54. The standard InChI is InChI=1S/C25H32N2O2/c1-19(2)27-18-25(24(27)21-9-5-4-6-10-21)12-14-26(15-13-25)23(28)17-20-8-7-11-22(16-20)29-3/h4-11,16,19,24H,12-15,17-18H2,1-3H3. The van der Waals surface area contributed by atoms with Crippen molar-refractivity contribution in [2.75, 3.05) is 26.7 Å². The Bertz CT molecular complexity index is 841. The van der Waals surface area contributed by atoms with Crippen LogP contribution in [0.15, 0.2) is 54.6 Å². The maximum atomic E-state index is 12.9. The smallest absolute Gasteiger partial charge is 0.226 e. The Morgan fingerprint density at radius 3 is 2.48 bits per heavy atom. The molecule has 1 unspecified atom stereocenters. The number of hydrogen-bond acceptors (Lipinski definition) is 3. The number of carbonyl (C=O) groups excluding carboxylic acids is 1. The lowest BCUT2D eigenvalue weighted by molar-refractivity contribution is -0.147. The van der Waals surface area contributed by atoms with Gasteiger partial charge in [0.1, 0.15) is 5.75 Å². The lowest BCUT2D eigenvalue weighted by Gasteiger charge is -2.62. The van der Waals surface area contributed by atoms with Crippen LogP contribution in [0.3, 0.4) is 0 Å². The van der Waals surface area contributed by atoms with E-state index in [-0.39, 0.29) is 5.91 Å². The predicted molar refractivity (Wildman–Crippen MR) is 116 cm³/mol. The summed E-state index contributed by atoms with van der Waals surface area (Å²) in [6, 6.07) is 19.8. The van der Waals surface area contributed by atoms with Crippen molar-refractivity contribution in [3.63, 3.8) is 0 Å². The van der Waals surface area contributed by atoms with Crippen molar-refractivity contribution in [3.8, 4) is 5.75 Å². The molecule has 2 aromatic rings. The highest BCUT2D eigenvalue weighted by Crippen LogP contribution is 2.55. The summed E-state index contributed by atoms with van der Waals surface area (Å²) in [6.45, 7) is 7.43. The molecule has 4 nitrogen and oxygen atoms in total. The van der Waals surface area contributed by atoms with Gasteiger partial charge < -0.3 is 9.64 Å². The maximum absolute atomic E-state index is 12.9. The van der Waals surface area contributed by atoms with E-state index in [9.17, 15) is 4.79 Å². The third kappa shape index (κ3) is 3.91. The molecule has 4 rings (SSSR count). The Labute approximate surface area is 174 Å². The molecule has 2 heterocycles. The molecule has 29 heavy (non-hydrogen) atoms. The molecule has 2 aromatic carbocycles. The zero-order valence-electron chi connectivity index (χ0n) is 17.8. The molecule has 1 atom stereocenters. The fourth-order valence-corrected chi connectivity index (χ4v) is 5.14. The summed E-state index contributed by atoms with van der Waals surface area (Å²) >= 11 is 0. The van der Waals surface area contributed by atoms with Crippen LogP contribution in [0.1, 0.15) is 43.9 Å². The van der Waals surface area contributed by atoms with E-state index in [1.807, 2.05) is 24.3 Å². The second kappa shape index (κ2) is 8.19. The Hall–Kier alpha value is -2.33. The van der Waals surface area contributed by atoms with Gasteiger partial charge in [-0.15, -0.1) is 0 Å². The van der Waals surface area contributed by atoms with Gasteiger partial charge in [0.25, 0.3) is 0 Å². The van der Waals surface area contributed by atoms with E-state index >= 15 is 0 Å². The average Bonchev–Trinajstić information content (AvgIpc) is 2.73. The fourth-order valence-electron chi connectivity index (χ4n) is 5.14. The van der Waals surface area contributed by atoms with Gasteiger partial charge in [-0.2, -0.15) is 0 Å². The molecule has 2 aliphatic heterocycles. The third-order valence-electron chi connectivity index (χ3n) is 6.79. The molecule has 1 spiro atoms. The van der Waals surface area contributed by atoms with Crippen LogP contribution in [-0.4, -0.2) is 48.5 Å².